The number of para-hydroxylation sites is 1. The third-order valence-corrected chi connectivity index (χ3v) is 25.6. The molecule has 0 unspecified atom stereocenters. The molecule has 0 aliphatic carbocycles. The van der Waals surface area contributed by atoms with E-state index in [0.29, 0.717) is 0 Å². The van der Waals surface area contributed by atoms with Crippen molar-refractivity contribution in [3.05, 3.63) is 315 Å². The van der Waals surface area contributed by atoms with Gasteiger partial charge in [-0.3, -0.25) is 0 Å². The summed E-state index contributed by atoms with van der Waals surface area (Å²) < 4.78 is 5.02. The molecular formula is C72H52N2Si2. The van der Waals surface area contributed by atoms with Crippen LogP contribution in [0.25, 0.3) is 66.1 Å². The van der Waals surface area contributed by atoms with Crippen LogP contribution in [0.2, 0.25) is 0 Å². The minimum Gasteiger partial charge on any atom is -0.309 e. The summed E-state index contributed by atoms with van der Waals surface area (Å²) >= 11 is 0. The molecule has 2 heterocycles. The Balaban J connectivity index is 1.02. The first kappa shape index (κ1) is 45.3. The van der Waals surface area contributed by atoms with Crippen LogP contribution in [0.5, 0.6) is 0 Å². The average Bonchev–Trinajstić information content (AvgIpc) is 4.03. The zero-order chi connectivity index (χ0) is 50.5. The van der Waals surface area contributed by atoms with E-state index in [-0.39, 0.29) is 0 Å². The molecule has 0 fully saturated rings. The molecule has 0 aliphatic rings. The van der Waals surface area contributed by atoms with Crippen LogP contribution in [0.4, 0.5) is 0 Å². The van der Waals surface area contributed by atoms with Crippen molar-refractivity contribution in [2.75, 3.05) is 0 Å². The maximum Gasteiger partial charge on any atom is 0.180 e. The largest absolute Gasteiger partial charge is 0.309 e. The molecule has 0 amide bonds. The van der Waals surface area contributed by atoms with Crippen molar-refractivity contribution in [3.63, 3.8) is 0 Å². The van der Waals surface area contributed by atoms with Gasteiger partial charge in [0, 0.05) is 32.9 Å². The van der Waals surface area contributed by atoms with Crippen molar-refractivity contribution in [1.29, 1.82) is 0 Å². The van der Waals surface area contributed by atoms with Crippen LogP contribution in [0, 0.1) is 0 Å². The zero-order valence-corrected chi connectivity index (χ0v) is 43.9. The highest BCUT2D eigenvalue weighted by molar-refractivity contribution is 7.21. The molecule has 4 heteroatoms. The van der Waals surface area contributed by atoms with Crippen LogP contribution < -0.4 is 41.5 Å². The number of benzene rings is 12. The molecule has 0 bridgehead atoms. The topological polar surface area (TPSA) is 9.86 Å². The molecule has 0 atom stereocenters. The zero-order valence-electron chi connectivity index (χ0n) is 41.9. The molecule has 0 radical (unpaired) electrons. The highest BCUT2D eigenvalue weighted by Gasteiger charge is 2.44. The van der Waals surface area contributed by atoms with Crippen molar-refractivity contribution in [3.8, 4) is 22.5 Å². The normalized spacial score (nSPS) is 11.9. The lowest BCUT2D eigenvalue weighted by molar-refractivity contribution is 1.17. The van der Waals surface area contributed by atoms with Crippen molar-refractivity contribution >= 4 is 101 Å². The molecule has 14 rings (SSSR count). The van der Waals surface area contributed by atoms with Gasteiger partial charge in [-0.2, -0.15) is 0 Å². The monoisotopic (exact) mass is 1000 g/mol. The van der Waals surface area contributed by atoms with Crippen LogP contribution in [-0.2, 0) is 0 Å². The number of hydrogen-bond acceptors (Lipinski definition) is 0. The smallest absolute Gasteiger partial charge is 0.180 e. The molecule has 0 spiro atoms. The lowest BCUT2D eigenvalue weighted by atomic mass is 9.99. The van der Waals surface area contributed by atoms with Crippen LogP contribution >= 0.6 is 0 Å². The van der Waals surface area contributed by atoms with Gasteiger partial charge >= 0.3 is 0 Å². The Morgan fingerprint density at radius 2 is 0.592 bits per heavy atom. The second-order valence-corrected chi connectivity index (χ2v) is 27.5. The summed E-state index contributed by atoms with van der Waals surface area (Å²) in [6, 6.07) is 118. The lowest BCUT2D eigenvalue weighted by Gasteiger charge is -2.35. The van der Waals surface area contributed by atoms with E-state index in [0.717, 1.165) is 16.9 Å². The Morgan fingerprint density at radius 3 is 1.11 bits per heavy atom. The van der Waals surface area contributed by atoms with Gasteiger partial charge in [-0.15, -0.1) is 0 Å². The third-order valence-electron chi connectivity index (χ3n) is 16.0. The van der Waals surface area contributed by atoms with E-state index in [1.807, 2.05) is 0 Å². The molecule has 2 aromatic heterocycles. The van der Waals surface area contributed by atoms with Gasteiger partial charge < -0.3 is 9.13 Å². The van der Waals surface area contributed by atoms with E-state index in [1.54, 1.807) is 0 Å². The maximum atomic E-state index is 2.53. The Labute approximate surface area is 445 Å². The number of hydrogen-bond donors (Lipinski definition) is 0. The Morgan fingerprint density at radius 1 is 0.224 bits per heavy atom. The number of nitrogens with zero attached hydrogens (tertiary/aromatic N) is 2. The molecule has 0 N–H and O–H groups in total. The molecular weight excluding hydrogens is 949 g/mol. The predicted molar refractivity (Wildman–Crippen MR) is 328 cm³/mol. The average molecular weight is 1000 g/mol. The van der Waals surface area contributed by atoms with E-state index in [9.17, 15) is 0 Å². The Hall–Kier alpha value is -9.33. The van der Waals surface area contributed by atoms with Gasteiger partial charge in [0.25, 0.3) is 0 Å². The molecule has 14 aromatic rings. The highest BCUT2D eigenvalue weighted by Crippen LogP contribution is 2.41. The van der Waals surface area contributed by atoms with Crippen LogP contribution in [0.3, 0.4) is 0 Å². The number of fused-ring (bicyclic) bond motifs is 6. The fourth-order valence-electron chi connectivity index (χ4n) is 12.9. The van der Waals surface area contributed by atoms with Crippen molar-refractivity contribution < 1.29 is 0 Å². The molecule has 76 heavy (non-hydrogen) atoms. The quantitative estimate of drug-likeness (QED) is 0.0903. The first-order valence-electron chi connectivity index (χ1n) is 26.3. The van der Waals surface area contributed by atoms with Gasteiger partial charge in [-0.05, 0) is 101 Å². The fraction of sp³-hybridized carbons (Fsp3) is 0. The van der Waals surface area contributed by atoms with Gasteiger partial charge in [0.2, 0.25) is 0 Å². The van der Waals surface area contributed by atoms with Crippen LogP contribution in [0.1, 0.15) is 0 Å². The summed E-state index contributed by atoms with van der Waals surface area (Å²) in [6.07, 6.45) is 0. The predicted octanol–water partition coefficient (Wildman–Crippen LogP) is 12.3. The van der Waals surface area contributed by atoms with Gasteiger partial charge in [0.1, 0.15) is 0 Å². The summed E-state index contributed by atoms with van der Waals surface area (Å²) in [6.45, 7) is 0. The minimum absolute atomic E-state index is 1.13. The van der Waals surface area contributed by atoms with Gasteiger partial charge in [-0.25, -0.2) is 0 Å². The van der Waals surface area contributed by atoms with Crippen LogP contribution in [0.15, 0.2) is 315 Å². The first-order valence-corrected chi connectivity index (χ1v) is 30.3. The summed E-state index contributed by atoms with van der Waals surface area (Å²) in [4.78, 5) is 0. The summed E-state index contributed by atoms with van der Waals surface area (Å²) in [7, 11) is -5.65. The number of aromatic nitrogens is 2. The molecule has 0 saturated carbocycles. The number of rotatable bonds is 11. The van der Waals surface area contributed by atoms with Crippen molar-refractivity contribution in [2.24, 2.45) is 0 Å². The van der Waals surface area contributed by atoms with Gasteiger partial charge in [0.05, 0.1) is 22.1 Å². The molecule has 2 nitrogen and oxygen atoms in total. The summed E-state index contributed by atoms with van der Waals surface area (Å²) in [5, 5.41) is 15.9. The maximum absolute atomic E-state index is 2.92. The van der Waals surface area contributed by atoms with E-state index in [2.05, 4.69) is 325 Å². The Kier molecular flexibility index (Phi) is 11.2. The third kappa shape index (κ3) is 7.06. The van der Waals surface area contributed by atoms with E-state index < -0.39 is 16.1 Å². The Bertz CT molecular complexity index is 4150. The molecule has 0 saturated heterocycles. The second kappa shape index (κ2) is 18.9. The lowest BCUT2D eigenvalue weighted by Crippen LogP contribution is -2.74. The van der Waals surface area contributed by atoms with Crippen molar-refractivity contribution in [2.45, 2.75) is 0 Å². The summed E-state index contributed by atoms with van der Waals surface area (Å²) in [5.74, 6) is 0. The van der Waals surface area contributed by atoms with Crippen molar-refractivity contribution in [1.82, 2.24) is 9.13 Å². The van der Waals surface area contributed by atoms with Gasteiger partial charge in [-0.1, -0.05) is 267 Å². The first-order chi connectivity index (χ1) is 37.7. The standard InChI is InChI=1S/C72H52N2Si2/c1-8-26-53(27-9-1)63-41-24-43-68-71(63)65-52-55(48-51-67(65)73(68)54-46-49-62(50-47-54)75(56-28-10-2-11-29-56,57-30-12-3-13-31-57)58-32-14-4-15-33-58)74-66-42-23-22-40-64(66)72-69(74)44-25-45-70(72)76(59-34-16-5-17-35-59,60-36-18-6-19-37-60)61-38-20-7-21-39-61/h1-52H. The SMILES string of the molecule is c1ccc(-c2cccc3c2c2cc(-n4c5ccccc5c5c([Si](c6ccccc6)(c6ccccc6)c6ccccc6)cccc54)ccc2n3-c2ccc([Si](c3ccccc3)(c3ccccc3)c3ccccc3)cc2)cc1. The van der Waals surface area contributed by atoms with E-state index in [1.165, 1.54) is 90.7 Å². The van der Waals surface area contributed by atoms with E-state index in [4.69, 9.17) is 0 Å². The highest BCUT2D eigenvalue weighted by atomic mass is 28.3. The van der Waals surface area contributed by atoms with E-state index >= 15 is 0 Å². The molecule has 358 valence electrons. The molecule has 0 aliphatic heterocycles. The fourth-order valence-corrected chi connectivity index (χ4v) is 22.6. The molecule has 12 aromatic carbocycles. The van der Waals surface area contributed by atoms with Crippen LogP contribution in [-0.4, -0.2) is 25.3 Å². The summed E-state index contributed by atoms with van der Waals surface area (Å²) in [5.41, 5.74) is 9.39. The second-order valence-electron chi connectivity index (χ2n) is 19.9. The minimum atomic E-state index is -2.92. The van der Waals surface area contributed by atoms with Gasteiger partial charge in [0.15, 0.2) is 16.1 Å².